The summed E-state index contributed by atoms with van der Waals surface area (Å²) in [5.74, 6) is 0.220. The molecule has 36 heavy (non-hydrogen) atoms. The minimum absolute atomic E-state index is 0.0244. The molecule has 0 saturated carbocycles. The van der Waals surface area contributed by atoms with Crippen molar-refractivity contribution in [3.05, 3.63) is 77.4 Å². The minimum Gasteiger partial charge on any atom is -0.496 e. The van der Waals surface area contributed by atoms with E-state index in [4.69, 9.17) is 9.47 Å². The summed E-state index contributed by atoms with van der Waals surface area (Å²) in [6.07, 6.45) is 2.74. The number of nitrogens with one attached hydrogen (secondary N) is 4. The lowest BCUT2D eigenvalue weighted by molar-refractivity contribution is -0.118. The number of amides is 3. The topological polar surface area (TPSA) is 147 Å². The van der Waals surface area contributed by atoms with Crippen LogP contribution in [0.1, 0.15) is 32.0 Å². The third-order valence-corrected chi connectivity index (χ3v) is 5.68. The molecule has 0 atom stereocenters. The van der Waals surface area contributed by atoms with E-state index in [-0.39, 0.29) is 37.2 Å². The van der Waals surface area contributed by atoms with Gasteiger partial charge in [-0.2, -0.15) is 0 Å². The molecule has 5 rings (SSSR count). The van der Waals surface area contributed by atoms with Crippen LogP contribution in [0.25, 0.3) is 11.0 Å². The lowest BCUT2D eigenvalue weighted by Gasteiger charge is -2.18. The van der Waals surface area contributed by atoms with Crippen molar-refractivity contribution in [3.63, 3.8) is 0 Å². The largest absolute Gasteiger partial charge is 0.496 e. The molecule has 11 heteroatoms. The van der Waals surface area contributed by atoms with Crippen molar-refractivity contribution in [1.29, 1.82) is 0 Å². The predicted molar refractivity (Wildman–Crippen MR) is 130 cm³/mol. The van der Waals surface area contributed by atoms with Crippen molar-refractivity contribution in [2.45, 2.75) is 13.1 Å². The Balaban J connectivity index is 1.29. The van der Waals surface area contributed by atoms with Crippen LogP contribution in [-0.4, -0.2) is 46.4 Å². The Morgan fingerprint density at radius 3 is 2.78 bits per heavy atom. The maximum absolute atomic E-state index is 12.9. The fourth-order valence-electron chi connectivity index (χ4n) is 3.91. The van der Waals surface area contributed by atoms with E-state index in [1.165, 1.54) is 12.5 Å². The molecule has 0 saturated heterocycles. The number of benzene rings is 2. The number of H-pyrrole nitrogens is 1. The number of fused-ring (bicyclic) bond motifs is 2. The second-order valence-corrected chi connectivity index (χ2v) is 7.99. The first kappa shape index (κ1) is 22.8. The van der Waals surface area contributed by atoms with Crippen LogP contribution in [-0.2, 0) is 17.9 Å². The number of hydrogen-bond donors (Lipinski definition) is 4. The van der Waals surface area contributed by atoms with Crippen LogP contribution in [0.4, 0.5) is 5.69 Å². The zero-order chi connectivity index (χ0) is 25.1. The molecular weight excluding hydrogens is 464 g/mol. The average Bonchev–Trinajstić information content (AvgIpc) is 3.34. The molecule has 3 amide bonds. The fraction of sp³-hybridized carbons (Fsp3) is 0.160. The summed E-state index contributed by atoms with van der Waals surface area (Å²) in [4.78, 5) is 48.6. The second-order valence-electron chi connectivity index (χ2n) is 7.99. The molecule has 0 aliphatic carbocycles. The number of aromatic amines is 1. The summed E-state index contributed by atoms with van der Waals surface area (Å²) < 4.78 is 10.7. The molecule has 182 valence electrons. The minimum atomic E-state index is -0.441. The van der Waals surface area contributed by atoms with Crippen LogP contribution in [0.5, 0.6) is 11.5 Å². The first-order valence-electron chi connectivity index (χ1n) is 11.1. The Morgan fingerprint density at radius 2 is 1.92 bits per heavy atom. The van der Waals surface area contributed by atoms with E-state index in [1.807, 2.05) is 24.3 Å². The van der Waals surface area contributed by atoms with Gasteiger partial charge in [0.25, 0.3) is 17.7 Å². The Kier molecular flexibility index (Phi) is 6.18. The number of aromatic nitrogens is 3. The van der Waals surface area contributed by atoms with E-state index >= 15 is 0 Å². The number of rotatable bonds is 7. The van der Waals surface area contributed by atoms with E-state index in [9.17, 15) is 14.4 Å². The van der Waals surface area contributed by atoms with Gasteiger partial charge in [0.1, 0.15) is 23.3 Å². The number of methoxy groups -OCH3 is 1. The molecule has 0 unspecified atom stereocenters. The number of carbonyl (C=O) groups is 3. The lowest BCUT2D eigenvalue weighted by atomic mass is 10.1. The quantitative estimate of drug-likeness (QED) is 0.313. The molecule has 2 aromatic heterocycles. The van der Waals surface area contributed by atoms with Crippen LogP contribution in [0.15, 0.2) is 55.0 Å². The van der Waals surface area contributed by atoms with Crippen molar-refractivity contribution < 1.29 is 23.9 Å². The van der Waals surface area contributed by atoms with Gasteiger partial charge >= 0.3 is 0 Å². The number of carbonyl (C=O) groups excluding carboxylic acids is 3. The van der Waals surface area contributed by atoms with Gasteiger partial charge in [-0.25, -0.2) is 9.97 Å². The number of hydrogen-bond acceptors (Lipinski definition) is 7. The Labute approximate surface area is 205 Å². The van der Waals surface area contributed by atoms with Gasteiger partial charge in [0, 0.05) is 24.8 Å². The maximum Gasteiger partial charge on any atom is 0.272 e. The SMILES string of the molecule is COc1ccccc1CNC(=O)c1c[nH]c2c(C(=O)NCc3ccc4c(c3)NC(=O)CO4)ncnc12. The first-order valence-corrected chi connectivity index (χ1v) is 11.1. The van der Waals surface area contributed by atoms with Gasteiger partial charge in [-0.15, -0.1) is 0 Å². The summed E-state index contributed by atoms with van der Waals surface area (Å²) >= 11 is 0. The van der Waals surface area contributed by atoms with Gasteiger partial charge in [-0.3, -0.25) is 14.4 Å². The number of anilines is 1. The highest BCUT2D eigenvalue weighted by molar-refractivity contribution is 6.10. The van der Waals surface area contributed by atoms with E-state index < -0.39 is 5.91 Å². The van der Waals surface area contributed by atoms with Crippen LogP contribution >= 0.6 is 0 Å². The highest BCUT2D eigenvalue weighted by atomic mass is 16.5. The van der Waals surface area contributed by atoms with E-state index in [0.29, 0.717) is 33.8 Å². The molecular formula is C25H22N6O5. The van der Waals surface area contributed by atoms with E-state index in [2.05, 4.69) is 30.9 Å². The molecule has 3 heterocycles. The monoisotopic (exact) mass is 486 g/mol. The number of para-hydroxylation sites is 1. The summed E-state index contributed by atoms with van der Waals surface area (Å²) in [6, 6.07) is 12.7. The van der Waals surface area contributed by atoms with Gasteiger partial charge < -0.3 is 30.4 Å². The van der Waals surface area contributed by atoms with Gasteiger partial charge in [-0.1, -0.05) is 24.3 Å². The standard InChI is InChI=1S/C25H22N6O5/c1-35-18-5-3-2-4-15(18)10-28-24(33)16-11-26-22-21(16)29-13-30-23(22)25(34)27-9-14-6-7-19-17(8-14)31-20(32)12-36-19/h2-8,11,13,26H,9-10,12H2,1H3,(H,27,34)(H,28,33)(H,31,32). The summed E-state index contributed by atoms with van der Waals surface area (Å²) in [6.45, 7) is 0.435. The number of ether oxygens (including phenoxy) is 2. The number of nitrogens with zero attached hydrogens (tertiary/aromatic N) is 2. The van der Waals surface area contributed by atoms with Crippen LogP contribution in [0, 0.1) is 0 Å². The summed E-state index contributed by atoms with van der Waals surface area (Å²) in [7, 11) is 1.57. The van der Waals surface area contributed by atoms with Crippen molar-refractivity contribution in [2.75, 3.05) is 19.0 Å². The van der Waals surface area contributed by atoms with Crippen molar-refractivity contribution in [3.8, 4) is 11.5 Å². The molecule has 2 aromatic carbocycles. The van der Waals surface area contributed by atoms with Gasteiger partial charge in [-0.05, 0) is 23.8 Å². The third kappa shape index (κ3) is 4.53. The molecule has 0 radical (unpaired) electrons. The Hall–Kier alpha value is -4.93. The summed E-state index contributed by atoms with van der Waals surface area (Å²) in [5.41, 5.74) is 3.23. The Morgan fingerprint density at radius 1 is 1.08 bits per heavy atom. The summed E-state index contributed by atoms with van der Waals surface area (Å²) in [5, 5.41) is 8.39. The molecule has 1 aliphatic heterocycles. The molecule has 4 aromatic rings. The van der Waals surface area contributed by atoms with E-state index in [0.717, 1.165) is 11.1 Å². The van der Waals surface area contributed by atoms with Gasteiger partial charge in [0.05, 0.1) is 23.9 Å². The smallest absolute Gasteiger partial charge is 0.272 e. The average molecular weight is 486 g/mol. The molecule has 0 bridgehead atoms. The van der Waals surface area contributed by atoms with E-state index in [1.54, 1.807) is 25.3 Å². The molecule has 0 spiro atoms. The normalized spacial score (nSPS) is 12.3. The fourth-order valence-corrected chi connectivity index (χ4v) is 3.91. The van der Waals surface area contributed by atoms with Gasteiger partial charge in [0.2, 0.25) is 0 Å². The molecule has 4 N–H and O–H groups in total. The van der Waals surface area contributed by atoms with Crippen molar-refractivity contribution >= 4 is 34.4 Å². The lowest BCUT2D eigenvalue weighted by Crippen LogP contribution is -2.26. The van der Waals surface area contributed by atoms with Crippen LogP contribution < -0.4 is 25.4 Å². The second kappa shape index (κ2) is 9.74. The van der Waals surface area contributed by atoms with Crippen molar-refractivity contribution in [1.82, 2.24) is 25.6 Å². The molecule has 0 fully saturated rings. The predicted octanol–water partition coefficient (Wildman–Crippen LogP) is 2.16. The van der Waals surface area contributed by atoms with Crippen LogP contribution in [0.2, 0.25) is 0 Å². The van der Waals surface area contributed by atoms with Crippen LogP contribution in [0.3, 0.4) is 0 Å². The highest BCUT2D eigenvalue weighted by Crippen LogP contribution is 2.28. The van der Waals surface area contributed by atoms with Gasteiger partial charge in [0.15, 0.2) is 12.3 Å². The third-order valence-electron chi connectivity index (χ3n) is 5.68. The zero-order valence-corrected chi connectivity index (χ0v) is 19.3. The highest BCUT2D eigenvalue weighted by Gasteiger charge is 2.20. The Bertz CT molecular complexity index is 1480. The molecule has 11 nitrogen and oxygen atoms in total. The zero-order valence-electron chi connectivity index (χ0n) is 19.3. The first-order chi connectivity index (χ1) is 17.5. The van der Waals surface area contributed by atoms with Crippen molar-refractivity contribution in [2.24, 2.45) is 0 Å². The molecule has 1 aliphatic rings. The maximum atomic E-state index is 12.9.